The number of aliphatic hydroxyl groups excluding tert-OH is 1. The van der Waals surface area contributed by atoms with Crippen molar-refractivity contribution in [2.45, 2.75) is 31.2 Å². The molecule has 3 atom stereocenters. The third-order valence-corrected chi connectivity index (χ3v) is 2.27. The van der Waals surface area contributed by atoms with Crippen LogP contribution >= 0.6 is 0 Å². The smallest absolute Gasteiger partial charge is 0.220 e. The summed E-state index contributed by atoms with van der Waals surface area (Å²) >= 11 is 0. The van der Waals surface area contributed by atoms with Crippen molar-refractivity contribution in [2.24, 2.45) is 11.7 Å². The van der Waals surface area contributed by atoms with Crippen LogP contribution in [0.1, 0.15) is 19.3 Å². The second kappa shape index (κ2) is 3.26. The van der Waals surface area contributed by atoms with Crippen molar-refractivity contribution in [1.29, 1.82) is 0 Å². The lowest BCUT2D eigenvalue weighted by molar-refractivity contribution is -0.123. The third-order valence-electron chi connectivity index (χ3n) is 2.27. The van der Waals surface area contributed by atoms with Crippen LogP contribution in [0.25, 0.3) is 0 Å². The fourth-order valence-corrected chi connectivity index (χ4v) is 1.43. The summed E-state index contributed by atoms with van der Waals surface area (Å²) in [5.41, 5.74) is 5.08. The molecule has 1 aliphatic carbocycles. The van der Waals surface area contributed by atoms with Gasteiger partial charge in [0.2, 0.25) is 5.91 Å². The van der Waals surface area contributed by atoms with Gasteiger partial charge in [-0.25, -0.2) is 0 Å². The molecule has 0 heterocycles. The number of nitrogens with two attached hydrogens (primary N) is 1. The van der Waals surface area contributed by atoms with Crippen molar-refractivity contribution in [3.8, 4) is 0 Å². The van der Waals surface area contributed by atoms with Crippen LogP contribution in [0.3, 0.4) is 0 Å². The Kier molecular flexibility index (Phi) is 2.55. The molecule has 4 heteroatoms. The van der Waals surface area contributed by atoms with Gasteiger partial charge in [0, 0.05) is 12.0 Å². The molecule has 1 saturated carbocycles. The summed E-state index contributed by atoms with van der Waals surface area (Å²) in [4.78, 5) is 10.7. The van der Waals surface area contributed by atoms with Crippen LogP contribution < -0.4 is 5.73 Å². The number of aliphatic hydroxyl groups is 1. The lowest BCUT2D eigenvalue weighted by Gasteiger charge is -2.29. The van der Waals surface area contributed by atoms with Crippen molar-refractivity contribution < 1.29 is 9.90 Å². The van der Waals surface area contributed by atoms with Gasteiger partial charge in [0.25, 0.3) is 0 Å². The van der Waals surface area contributed by atoms with E-state index in [1.165, 1.54) is 0 Å². The van der Waals surface area contributed by atoms with Crippen molar-refractivity contribution in [1.82, 2.24) is 0 Å². The van der Waals surface area contributed by atoms with Crippen LogP contribution in [-0.2, 0) is 4.79 Å². The first-order valence-corrected chi connectivity index (χ1v) is 3.84. The molecule has 0 aliphatic heterocycles. The minimum atomic E-state index is -0.554. The van der Waals surface area contributed by atoms with Crippen molar-refractivity contribution in [3.63, 3.8) is 0 Å². The van der Waals surface area contributed by atoms with Crippen LogP contribution in [0.5, 0.6) is 0 Å². The van der Waals surface area contributed by atoms with Gasteiger partial charge in [-0.2, -0.15) is 0 Å². The van der Waals surface area contributed by atoms with Crippen LogP contribution in [0.15, 0.2) is 0 Å². The highest BCUT2D eigenvalue weighted by Gasteiger charge is 2.28. The van der Waals surface area contributed by atoms with E-state index in [1.807, 2.05) is 0 Å². The van der Waals surface area contributed by atoms with Crippen LogP contribution in [-0.4, -0.2) is 25.0 Å². The quantitative estimate of drug-likeness (QED) is 0.503. The number of primary amides is 1. The van der Waals surface area contributed by atoms with E-state index in [-0.39, 0.29) is 17.6 Å². The molecule has 11 heavy (non-hydrogen) atoms. The highest BCUT2D eigenvalue weighted by atomic mass is 16.3. The number of carbonyl (C=O) groups excluding carboxylic acids is 1. The van der Waals surface area contributed by atoms with E-state index in [4.69, 9.17) is 13.6 Å². The maximum absolute atomic E-state index is 10.7. The van der Waals surface area contributed by atoms with E-state index in [0.717, 1.165) is 0 Å². The first kappa shape index (κ1) is 8.59. The summed E-state index contributed by atoms with van der Waals surface area (Å²) in [5, 5.41) is 9.26. The van der Waals surface area contributed by atoms with Crippen molar-refractivity contribution in [3.05, 3.63) is 0 Å². The van der Waals surface area contributed by atoms with Gasteiger partial charge in [-0.1, -0.05) is 12.2 Å². The fraction of sp³-hybridized carbons (Fsp3) is 0.857. The average molecular weight is 153 g/mol. The Hall–Kier alpha value is -0.505. The van der Waals surface area contributed by atoms with Crippen LogP contribution in [0, 0.1) is 5.92 Å². The van der Waals surface area contributed by atoms with E-state index in [9.17, 15) is 9.90 Å². The Labute approximate surface area is 67.4 Å². The second-order valence-electron chi connectivity index (χ2n) is 3.14. The normalized spacial score (nSPS) is 38.5. The highest BCUT2D eigenvalue weighted by molar-refractivity contribution is 6.12. The molecule has 0 aromatic heterocycles. The SMILES string of the molecule is [B]C1CC[C@@H](C(N)=O)C[C@H]1O. The van der Waals surface area contributed by atoms with E-state index >= 15 is 0 Å². The minimum absolute atomic E-state index is 0.175. The molecule has 1 fully saturated rings. The topological polar surface area (TPSA) is 63.3 Å². The summed E-state index contributed by atoms with van der Waals surface area (Å²) in [7, 11) is 5.54. The molecular formula is C7H12BNO2. The molecule has 1 aliphatic rings. The van der Waals surface area contributed by atoms with Crippen molar-refractivity contribution >= 4 is 13.8 Å². The van der Waals surface area contributed by atoms with E-state index in [2.05, 4.69) is 0 Å². The van der Waals surface area contributed by atoms with Gasteiger partial charge in [0.05, 0.1) is 7.85 Å². The largest absolute Gasteiger partial charge is 0.394 e. The molecular weight excluding hydrogens is 141 g/mol. The molecule has 1 unspecified atom stereocenters. The number of amides is 1. The van der Waals surface area contributed by atoms with Gasteiger partial charge < -0.3 is 10.8 Å². The molecule has 0 aromatic carbocycles. The predicted molar refractivity (Wildman–Crippen MR) is 42.0 cm³/mol. The zero-order valence-corrected chi connectivity index (χ0v) is 6.36. The lowest BCUT2D eigenvalue weighted by Crippen LogP contribution is -2.33. The monoisotopic (exact) mass is 153 g/mol. The first-order chi connectivity index (χ1) is 5.11. The van der Waals surface area contributed by atoms with Gasteiger partial charge >= 0.3 is 0 Å². The van der Waals surface area contributed by atoms with Crippen LogP contribution in [0.4, 0.5) is 0 Å². The first-order valence-electron chi connectivity index (χ1n) is 3.84. The van der Waals surface area contributed by atoms with Gasteiger partial charge in [0.15, 0.2) is 0 Å². The maximum Gasteiger partial charge on any atom is 0.220 e. The maximum atomic E-state index is 10.7. The summed E-state index contributed by atoms with van der Waals surface area (Å²) in [5.74, 6) is -0.675. The summed E-state index contributed by atoms with van der Waals surface area (Å²) < 4.78 is 0. The lowest BCUT2D eigenvalue weighted by atomic mass is 9.70. The Morgan fingerprint density at radius 3 is 2.64 bits per heavy atom. The van der Waals surface area contributed by atoms with Crippen molar-refractivity contribution in [2.75, 3.05) is 0 Å². The number of carbonyl (C=O) groups is 1. The molecule has 3 N–H and O–H groups in total. The average Bonchev–Trinajstić information content (AvgIpc) is 1.94. The standard InChI is InChI=1S/C7H12BNO2/c8-5-2-1-4(7(9)11)3-6(5)10/h4-6,10H,1-3H2,(H2,9,11)/t4-,5?,6-/m1/s1. The molecule has 0 bridgehead atoms. The number of hydrogen-bond donors (Lipinski definition) is 2. The van der Waals surface area contributed by atoms with Gasteiger partial charge in [-0.05, 0) is 12.8 Å². The Bertz CT molecular complexity index is 163. The Morgan fingerprint density at radius 2 is 2.18 bits per heavy atom. The van der Waals surface area contributed by atoms with Gasteiger partial charge in [0.1, 0.15) is 0 Å². The summed E-state index contributed by atoms with van der Waals surface area (Å²) in [6, 6.07) is 0. The molecule has 1 rings (SSSR count). The third kappa shape index (κ3) is 1.96. The molecule has 1 amide bonds. The number of rotatable bonds is 1. The molecule has 2 radical (unpaired) electrons. The number of hydrogen-bond acceptors (Lipinski definition) is 2. The summed E-state index contributed by atoms with van der Waals surface area (Å²) in [6.45, 7) is 0. The zero-order valence-electron chi connectivity index (χ0n) is 6.36. The molecule has 60 valence electrons. The molecule has 0 saturated heterocycles. The van der Waals surface area contributed by atoms with E-state index < -0.39 is 6.10 Å². The Balaban J connectivity index is 2.46. The molecule has 0 aromatic rings. The zero-order chi connectivity index (χ0) is 8.43. The van der Waals surface area contributed by atoms with E-state index in [1.54, 1.807) is 0 Å². The molecule has 0 spiro atoms. The van der Waals surface area contributed by atoms with Gasteiger partial charge in [-0.15, -0.1) is 0 Å². The highest BCUT2D eigenvalue weighted by Crippen LogP contribution is 2.30. The van der Waals surface area contributed by atoms with Crippen LogP contribution in [0.2, 0.25) is 5.82 Å². The molecule has 3 nitrogen and oxygen atoms in total. The summed E-state index contributed by atoms with van der Waals surface area (Å²) in [6.07, 6.45) is 1.28. The second-order valence-corrected chi connectivity index (χ2v) is 3.14. The minimum Gasteiger partial charge on any atom is -0.394 e. The predicted octanol–water partition coefficient (Wildman–Crippen LogP) is -0.410. The van der Waals surface area contributed by atoms with E-state index in [0.29, 0.717) is 19.3 Å². The Morgan fingerprint density at radius 1 is 1.55 bits per heavy atom. The van der Waals surface area contributed by atoms with Gasteiger partial charge in [-0.3, -0.25) is 4.79 Å². The fourth-order valence-electron chi connectivity index (χ4n) is 1.43.